The Balaban J connectivity index is 1.49. The van der Waals surface area contributed by atoms with Crippen LogP contribution >= 0.6 is 0 Å². The van der Waals surface area contributed by atoms with Crippen LogP contribution in [0.25, 0.3) is 33.4 Å². The Morgan fingerprint density at radius 3 is 2.14 bits per heavy atom. The number of nitrogens with zero attached hydrogens (tertiary/aromatic N) is 1. The molecule has 2 heterocycles. The molecule has 1 aliphatic carbocycles. The smallest absolute Gasteiger partial charge is 0.336 e. The highest BCUT2D eigenvalue weighted by Gasteiger charge is 2.33. The van der Waals surface area contributed by atoms with E-state index >= 15 is 0 Å². The minimum atomic E-state index is -5.20. The van der Waals surface area contributed by atoms with Crippen LogP contribution in [0, 0.1) is 0 Å². The van der Waals surface area contributed by atoms with Gasteiger partial charge in [-0.15, -0.1) is 4.73 Å². The molecule has 24 heteroatoms. The molecule has 1 aromatic heterocycles. The summed E-state index contributed by atoms with van der Waals surface area (Å²) in [5.74, 6) is -5.41. The van der Waals surface area contributed by atoms with Crippen molar-refractivity contribution in [3.63, 3.8) is 0 Å². The van der Waals surface area contributed by atoms with E-state index in [1.165, 1.54) is 24.3 Å². The van der Waals surface area contributed by atoms with E-state index in [0.717, 1.165) is 30.3 Å². The standard InChI is InChI=1S/C34H35N5O16S3/c35-23-10-8-20-28(21-9-11-24(36)32(58(51,52)53)30(21)54-29(20)31(23)57(49,50)38-15-4-16-56(46,47)48)19-7-6-18(17-22(19)34(44)45)33(43)37-14-3-1-2-5-27(42)55-39-25(40)12-13-26(39)41/h6-13,17,36,38,40-41H,1-5,14-16,35H2,(H,37,43)(H,44,45)(H,46,47,48)(H,51,52,53)/p+1. The number of hydrogen-bond acceptors (Lipinski definition) is 14. The summed E-state index contributed by atoms with van der Waals surface area (Å²) in [5.41, 5.74) is 3.96. The lowest BCUT2D eigenvalue weighted by molar-refractivity contribution is -0.176. The van der Waals surface area contributed by atoms with Gasteiger partial charge in [-0.05, 0) is 55.2 Å². The Hall–Kier alpha value is -6.05. The lowest BCUT2D eigenvalue weighted by Crippen LogP contribution is -2.47. The van der Waals surface area contributed by atoms with Crippen molar-refractivity contribution in [2.45, 2.75) is 41.9 Å². The van der Waals surface area contributed by atoms with Crippen LogP contribution in [0.4, 0.5) is 5.69 Å². The number of nitrogens with two attached hydrogens (primary N) is 2. The second kappa shape index (κ2) is 16.8. The molecule has 0 radical (unpaired) electrons. The molecule has 0 fully saturated rings. The first kappa shape index (κ1) is 43.1. The van der Waals surface area contributed by atoms with Gasteiger partial charge in [-0.1, -0.05) is 12.5 Å². The molecule has 21 nitrogen and oxygen atoms in total. The lowest BCUT2D eigenvalue weighted by Gasteiger charge is -2.20. The molecule has 1 aliphatic heterocycles. The van der Waals surface area contributed by atoms with E-state index in [1.54, 1.807) is 0 Å². The number of carboxylic acids is 1. The van der Waals surface area contributed by atoms with Gasteiger partial charge in [0.25, 0.3) is 16.0 Å². The van der Waals surface area contributed by atoms with Crippen LogP contribution in [0.1, 0.15) is 52.8 Å². The number of aromatic carboxylic acids is 1. The van der Waals surface area contributed by atoms with Crippen LogP contribution in [0.3, 0.4) is 0 Å². The second-order valence-corrected chi connectivity index (χ2v) is 17.3. The molecule has 0 unspecified atom stereocenters. The zero-order valence-electron chi connectivity index (χ0n) is 29.9. The first-order chi connectivity index (χ1) is 27.1. The highest BCUT2D eigenvalue weighted by Crippen LogP contribution is 2.45. The number of fused-ring (bicyclic) bond motifs is 2. The van der Waals surface area contributed by atoms with Crippen molar-refractivity contribution in [2.75, 3.05) is 24.6 Å². The average molecular weight is 867 g/mol. The Morgan fingerprint density at radius 2 is 1.50 bits per heavy atom. The first-order valence-electron chi connectivity index (χ1n) is 16.9. The molecule has 2 aromatic carbocycles. The minimum Gasteiger partial charge on any atom is -0.492 e. The number of carboxylic acid groups (broad SMARTS) is 1. The lowest BCUT2D eigenvalue weighted by atomic mass is 9.89. The van der Waals surface area contributed by atoms with E-state index in [4.69, 9.17) is 25.0 Å². The second-order valence-electron chi connectivity index (χ2n) is 12.7. The molecule has 0 saturated carbocycles. The topological polar surface area (TPSA) is 358 Å². The largest absolute Gasteiger partial charge is 0.492 e. The number of aromatic nitrogens is 1. The van der Waals surface area contributed by atoms with Gasteiger partial charge in [-0.2, -0.15) is 16.8 Å². The quantitative estimate of drug-likeness (QED) is 0.0259. The van der Waals surface area contributed by atoms with Crippen molar-refractivity contribution in [3.05, 3.63) is 71.1 Å². The monoisotopic (exact) mass is 866 g/mol. The van der Waals surface area contributed by atoms with Crippen LogP contribution in [0.15, 0.2) is 68.8 Å². The summed E-state index contributed by atoms with van der Waals surface area (Å²) in [7, 11) is -14.4. The molecule has 1 amide bonds. The van der Waals surface area contributed by atoms with Gasteiger partial charge in [0.05, 0.1) is 17.0 Å². The summed E-state index contributed by atoms with van der Waals surface area (Å²) >= 11 is 0. The van der Waals surface area contributed by atoms with Gasteiger partial charge in [0.2, 0.25) is 32.0 Å². The zero-order chi connectivity index (χ0) is 42.7. The Kier molecular flexibility index (Phi) is 12.5. The van der Waals surface area contributed by atoms with Crippen molar-refractivity contribution in [1.82, 2.24) is 14.8 Å². The SMILES string of the molecule is Nc1ccc2c(-c3ccc(C(=O)NCCCCCC(=O)On4c(O)ccc4O)cc3C(=O)O)c3ccc(=[NH2+])c(S(=O)(=O)O)c-3oc2c1S(=O)(=O)NCCCS(=O)(=O)O. The maximum atomic E-state index is 13.6. The summed E-state index contributed by atoms with van der Waals surface area (Å²) in [4.78, 5) is 41.1. The highest BCUT2D eigenvalue weighted by molar-refractivity contribution is 7.90. The Bertz CT molecular complexity index is 2800. The number of nitrogens with one attached hydrogen (secondary N) is 2. The number of carbonyl (C=O) groups excluding carboxylic acids is 2. The molecule has 0 saturated heterocycles. The van der Waals surface area contributed by atoms with Crippen molar-refractivity contribution in [1.29, 1.82) is 0 Å². The van der Waals surface area contributed by atoms with Gasteiger partial charge in [-0.3, -0.25) is 19.3 Å². The third-order valence-corrected chi connectivity index (χ3v) is 11.8. The Labute approximate surface area is 329 Å². The molecular weight excluding hydrogens is 831 g/mol. The maximum Gasteiger partial charge on any atom is 0.336 e. The molecule has 310 valence electrons. The number of aromatic hydroxyl groups is 2. The highest BCUT2D eigenvalue weighted by atomic mass is 32.2. The predicted octanol–water partition coefficient (Wildman–Crippen LogP) is 0.106. The molecule has 0 atom stereocenters. The molecule has 5 rings (SSSR count). The average Bonchev–Trinajstić information content (AvgIpc) is 3.44. The van der Waals surface area contributed by atoms with Crippen molar-refractivity contribution >= 4 is 64.8 Å². The molecule has 0 bridgehead atoms. The number of rotatable bonds is 17. The Morgan fingerprint density at radius 1 is 0.828 bits per heavy atom. The number of unbranched alkanes of at least 4 members (excludes halogenated alkanes) is 2. The summed E-state index contributed by atoms with van der Waals surface area (Å²) < 4.78 is 103. The van der Waals surface area contributed by atoms with Crippen molar-refractivity contribution in [2.24, 2.45) is 0 Å². The molecule has 2 aliphatic rings. The van der Waals surface area contributed by atoms with Crippen LogP contribution in [0.5, 0.6) is 11.8 Å². The van der Waals surface area contributed by atoms with Crippen LogP contribution in [0.2, 0.25) is 0 Å². The van der Waals surface area contributed by atoms with Gasteiger partial charge in [0.1, 0.15) is 4.90 Å². The minimum absolute atomic E-state index is 0.0729. The number of amides is 1. The summed E-state index contributed by atoms with van der Waals surface area (Å²) in [6, 6.07) is 10.5. The van der Waals surface area contributed by atoms with Crippen molar-refractivity contribution < 1.29 is 78.7 Å². The van der Waals surface area contributed by atoms with Crippen molar-refractivity contribution in [3.8, 4) is 34.2 Å². The van der Waals surface area contributed by atoms with E-state index < -0.39 is 110 Å². The van der Waals surface area contributed by atoms with E-state index in [1.807, 2.05) is 0 Å². The summed E-state index contributed by atoms with van der Waals surface area (Å²) in [6.07, 6.45) is 0.707. The van der Waals surface area contributed by atoms with Crippen LogP contribution in [-0.2, 0) is 35.1 Å². The number of nitrogen functional groups attached to an aromatic ring is 1. The third kappa shape index (κ3) is 9.55. The molecule has 3 aromatic rings. The molecule has 0 spiro atoms. The molecule has 11 N–H and O–H groups in total. The normalized spacial score (nSPS) is 12.2. The van der Waals surface area contributed by atoms with Gasteiger partial charge < -0.3 is 35.6 Å². The van der Waals surface area contributed by atoms with Crippen LogP contribution in [-0.4, -0.2) is 91.1 Å². The fraction of sp³-hybridized carbons (Fsp3) is 0.235. The number of sulfonamides is 1. The van der Waals surface area contributed by atoms with Crippen LogP contribution < -0.4 is 31.4 Å². The molecule has 58 heavy (non-hydrogen) atoms. The third-order valence-electron chi connectivity index (χ3n) is 8.54. The summed E-state index contributed by atoms with van der Waals surface area (Å²) in [5, 5.41) is 37.4. The predicted molar refractivity (Wildman–Crippen MR) is 201 cm³/mol. The van der Waals surface area contributed by atoms with E-state index in [-0.39, 0.29) is 47.0 Å². The number of anilines is 1. The fourth-order valence-electron chi connectivity index (χ4n) is 5.96. The zero-order valence-corrected chi connectivity index (χ0v) is 32.4. The van der Waals surface area contributed by atoms with Gasteiger partial charge in [0.15, 0.2) is 11.3 Å². The van der Waals surface area contributed by atoms with Gasteiger partial charge >= 0.3 is 22.1 Å². The first-order valence-corrected chi connectivity index (χ1v) is 21.4. The summed E-state index contributed by atoms with van der Waals surface area (Å²) in [6.45, 7) is -0.412. The van der Waals surface area contributed by atoms with E-state index in [9.17, 15) is 59.5 Å². The maximum absolute atomic E-state index is 13.6. The number of benzene rings is 3. The van der Waals surface area contributed by atoms with Gasteiger partial charge in [-0.25, -0.2) is 22.7 Å². The van der Waals surface area contributed by atoms with E-state index in [0.29, 0.717) is 24.0 Å². The number of carbonyl (C=O) groups is 3. The molecular formula is C34H36N5O16S3+. The van der Waals surface area contributed by atoms with Gasteiger partial charge in [0, 0.05) is 59.8 Å². The van der Waals surface area contributed by atoms with E-state index in [2.05, 4.69) is 10.0 Å². The number of hydrogen-bond donors (Lipinski definition) is 9. The fourth-order valence-corrected chi connectivity index (χ4v) is 8.56.